The highest BCUT2D eigenvalue weighted by Gasteiger charge is 2.22. The summed E-state index contributed by atoms with van der Waals surface area (Å²) in [4.78, 5) is 0. The molecule has 1 aromatic rings. The van der Waals surface area contributed by atoms with Crippen LogP contribution < -0.4 is 4.74 Å². The van der Waals surface area contributed by atoms with Gasteiger partial charge in [0, 0.05) is 0 Å². The zero-order valence-electron chi connectivity index (χ0n) is 9.97. The van der Waals surface area contributed by atoms with Gasteiger partial charge in [0.15, 0.2) is 0 Å². The van der Waals surface area contributed by atoms with E-state index in [0.717, 1.165) is 24.0 Å². The fraction of sp³-hybridized carbons (Fsp3) is 0.538. The normalized spacial score (nSPS) is 17.8. The first-order valence-electron chi connectivity index (χ1n) is 5.75. The van der Waals surface area contributed by atoms with Gasteiger partial charge in [-0.15, -0.1) is 0 Å². The number of hydrogen-bond donors (Lipinski definition) is 0. The molecule has 2 rings (SSSR count). The molecule has 1 aliphatic carbocycles. The lowest BCUT2D eigenvalue weighted by Crippen LogP contribution is -2.04. The maximum atomic E-state index is 12.1. The van der Waals surface area contributed by atoms with Crippen molar-refractivity contribution in [2.75, 3.05) is 0 Å². The lowest BCUT2D eigenvalue weighted by Gasteiger charge is -2.10. The van der Waals surface area contributed by atoms with Crippen molar-refractivity contribution in [1.29, 1.82) is 0 Å². The van der Waals surface area contributed by atoms with E-state index in [4.69, 9.17) is 0 Å². The Balaban J connectivity index is 0.000000606. The molecule has 1 aliphatic rings. The Kier molecular flexibility index (Phi) is 4.71. The summed E-state index contributed by atoms with van der Waals surface area (Å²) in [6.45, 7) is 3.38. The van der Waals surface area contributed by atoms with Crippen molar-refractivity contribution >= 4 is 0 Å². The van der Waals surface area contributed by atoms with Crippen molar-refractivity contribution in [1.82, 2.24) is 0 Å². The first-order chi connectivity index (χ1) is 7.68. The van der Waals surface area contributed by atoms with Gasteiger partial charge in [0.1, 0.15) is 5.75 Å². The number of fused-ring (bicyclic) bond motifs is 1. The molecule has 1 nitrogen and oxygen atoms in total. The number of benzene rings is 1. The van der Waals surface area contributed by atoms with Crippen LogP contribution in [0, 0.1) is 0 Å². The Bertz CT molecular complexity index is 337. The van der Waals surface area contributed by atoms with Crippen molar-refractivity contribution < 1.29 is 13.5 Å². The Hall–Kier alpha value is -1.12. The fourth-order valence-corrected chi connectivity index (χ4v) is 2.03. The van der Waals surface area contributed by atoms with Crippen molar-refractivity contribution in [3.8, 4) is 5.75 Å². The van der Waals surface area contributed by atoms with Crippen LogP contribution in [0.15, 0.2) is 18.2 Å². The van der Waals surface area contributed by atoms with Gasteiger partial charge in [0.25, 0.3) is 0 Å². The van der Waals surface area contributed by atoms with E-state index in [-0.39, 0.29) is 0 Å². The molecule has 1 atom stereocenters. The van der Waals surface area contributed by atoms with Gasteiger partial charge in [-0.25, -0.2) is 0 Å². The van der Waals surface area contributed by atoms with Crippen molar-refractivity contribution in [3.05, 3.63) is 29.3 Å². The van der Waals surface area contributed by atoms with Crippen LogP contribution in [-0.2, 0) is 6.42 Å². The molecular formula is C13H18F2O. The van der Waals surface area contributed by atoms with Crippen molar-refractivity contribution in [3.63, 3.8) is 0 Å². The molecule has 16 heavy (non-hydrogen) atoms. The van der Waals surface area contributed by atoms with Gasteiger partial charge < -0.3 is 4.74 Å². The summed E-state index contributed by atoms with van der Waals surface area (Å²) in [5.74, 6) is 0.813. The minimum atomic E-state index is -2.72. The zero-order valence-corrected chi connectivity index (χ0v) is 9.97. The molecule has 0 aromatic heterocycles. The highest BCUT2D eigenvalue weighted by Crippen LogP contribution is 2.38. The molecule has 0 saturated heterocycles. The van der Waals surface area contributed by atoms with Crippen LogP contribution in [0.25, 0.3) is 0 Å². The first kappa shape index (κ1) is 12.9. The smallest absolute Gasteiger partial charge is 0.387 e. The van der Waals surface area contributed by atoms with Crippen LogP contribution in [-0.4, -0.2) is 6.61 Å². The molecule has 90 valence electrons. The second-order valence-electron chi connectivity index (χ2n) is 3.64. The van der Waals surface area contributed by atoms with E-state index >= 15 is 0 Å². The molecule has 1 aromatic carbocycles. The quantitative estimate of drug-likeness (QED) is 0.730. The largest absolute Gasteiger partial charge is 0.435 e. The summed E-state index contributed by atoms with van der Waals surface area (Å²) in [5, 5.41) is 0. The minimum absolute atomic E-state index is 0.349. The molecule has 1 unspecified atom stereocenters. The second kappa shape index (κ2) is 5.83. The third-order valence-electron chi connectivity index (χ3n) is 2.74. The Morgan fingerprint density at radius 1 is 1.31 bits per heavy atom. The van der Waals surface area contributed by atoms with Crippen molar-refractivity contribution in [2.45, 2.75) is 46.1 Å². The van der Waals surface area contributed by atoms with E-state index in [2.05, 4.69) is 11.7 Å². The maximum Gasteiger partial charge on any atom is 0.387 e. The summed E-state index contributed by atoms with van der Waals surface area (Å²) < 4.78 is 28.6. The average molecular weight is 228 g/mol. The van der Waals surface area contributed by atoms with Crippen LogP contribution in [0.4, 0.5) is 8.78 Å². The van der Waals surface area contributed by atoms with Gasteiger partial charge in [-0.3, -0.25) is 0 Å². The molecular weight excluding hydrogens is 210 g/mol. The minimum Gasteiger partial charge on any atom is -0.435 e. The molecule has 0 heterocycles. The summed E-state index contributed by atoms with van der Waals surface area (Å²) in [5.41, 5.74) is 2.11. The number of halogens is 2. The highest BCUT2D eigenvalue weighted by atomic mass is 19.3. The monoisotopic (exact) mass is 228 g/mol. The summed E-state index contributed by atoms with van der Waals surface area (Å²) in [6.07, 6.45) is 1.87. The van der Waals surface area contributed by atoms with Gasteiger partial charge in [0.2, 0.25) is 0 Å². The van der Waals surface area contributed by atoms with E-state index in [1.54, 1.807) is 12.1 Å². The van der Waals surface area contributed by atoms with Gasteiger partial charge in [-0.2, -0.15) is 8.78 Å². The molecule has 0 saturated carbocycles. The van der Waals surface area contributed by atoms with Crippen LogP contribution in [0.5, 0.6) is 5.75 Å². The zero-order chi connectivity index (χ0) is 12.1. The molecule has 0 aliphatic heterocycles. The Labute approximate surface area is 95.4 Å². The van der Waals surface area contributed by atoms with Gasteiger partial charge >= 0.3 is 6.61 Å². The first-order valence-corrected chi connectivity index (χ1v) is 5.75. The van der Waals surface area contributed by atoms with Crippen LogP contribution in [0.1, 0.15) is 44.2 Å². The lowest BCUT2D eigenvalue weighted by molar-refractivity contribution is -0.0503. The van der Waals surface area contributed by atoms with Gasteiger partial charge in [0.05, 0.1) is 0 Å². The SMILES string of the molecule is CC.CC1CCc2c(OC(F)F)cccc21. The fourth-order valence-electron chi connectivity index (χ4n) is 2.03. The van der Waals surface area contributed by atoms with E-state index in [1.165, 1.54) is 0 Å². The Morgan fingerprint density at radius 2 is 2.00 bits per heavy atom. The maximum absolute atomic E-state index is 12.1. The molecule has 3 heteroatoms. The summed E-state index contributed by atoms with van der Waals surface area (Å²) >= 11 is 0. The topological polar surface area (TPSA) is 9.23 Å². The third-order valence-corrected chi connectivity index (χ3v) is 2.74. The predicted octanol–water partition coefficient (Wildman–Crippen LogP) is 4.36. The molecule has 0 N–H and O–H groups in total. The van der Waals surface area contributed by atoms with E-state index in [9.17, 15) is 8.78 Å². The van der Waals surface area contributed by atoms with Crippen LogP contribution in [0.3, 0.4) is 0 Å². The van der Waals surface area contributed by atoms with Crippen molar-refractivity contribution in [2.24, 2.45) is 0 Å². The number of ether oxygens (including phenoxy) is 1. The van der Waals surface area contributed by atoms with Gasteiger partial charge in [-0.05, 0) is 36.0 Å². The van der Waals surface area contributed by atoms with Crippen LogP contribution in [0.2, 0.25) is 0 Å². The van der Waals surface area contributed by atoms with E-state index in [1.807, 2.05) is 19.9 Å². The summed E-state index contributed by atoms with van der Waals surface area (Å²) in [7, 11) is 0. The number of alkyl halides is 2. The molecule has 0 bridgehead atoms. The number of hydrogen-bond acceptors (Lipinski definition) is 1. The number of rotatable bonds is 2. The van der Waals surface area contributed by atoms with Gasteiger partial charge in [-0.1, -0.05) is 32.9 Å². The lowest BCUT2D eigenvalue weighted by atomic mass is 10.0. The standard InChI is InChI=1S/C11H12F2O.C2H6/c1-7-5-6-9-8(7)3-2-4-10(9)14-11(12)13;1-2/h2-4,7,11H,5-6H2,1H3;1-2H3. The molecule has 0 amide bonds. The highest BCUT2D eigenvalue weighted by molar-refractivity contribution is 5.45. The average Bonchev–Trinajstić information content (AvgIpc) is 2.64. The van der Waals surface area contributed by atoms with E-state index < -0.39 is 6.61 Å². The summed E-state index contributed by atoms with van der Waals surface area (Å²) in [6, 6.07) is 5.38. The third kappa shape index (κ3) is 2.71. The molecule has 0 fully saturated rings. The van der Waals surface area contributed by atoms with E-state index in [0.29, 0.717) is 11.7 Å². The van der Waals surface area contributed by atoms with Crippen LogP contribution >= 0.6 is 0 Å². The predicted molar refractivity (Wildman–Crippen MR) is 61.2 cm³/mol. The Morgan fingerprint density at radius 3 is 2.62 bits per heavy atom. The molecule has 0 spiro atoms. The second-order valence-corrected chi connectivity index (χ2v) is 3.64. The molecule has 0 radical (unpaired) electrons.